The molecule has 3 N–H and O–H groups in total. The molecule has 29 heavy (non-hydrogen) atoms. The Morgan fingerprint density at radius 1 is 1.52 bits per heavy atom. The number of alkyl halides is 1. The summed E-state index contributed by atoms with van der Waals surface area (Å²) in [6.07, 6.45) is -0.346. The highest BCUT2D eigenvalue weighted by molar-refractivity contribution is 5.93. The van der Waals surface area contributed by atoms with Crippen molar-refractivity contribution in [3.63, 3.8) is 0 Å². The van der Waals surface area contributed by atoms with Crippen LogP contribution in [-0.4, -0.2) is 47.7 Å². The largest absolute Gasteiger partial charge is 0.511 e. The Bertz CT molecular complexity index is 1070. The molecule has 0 radical (unpaired) electrons. The molecule has 2 aliphatic heterocycles. The van der Waals surface area contributed by atoms with E-state index in [1.165, 1.54) is 6.20 Å². The van der Waals surface area contributed by atoms with Crippen LogP contribution in [0.25, 0.3) is 10.9 Å². The van der Waals surface area contributed by atoms with Gasteiger partial charge < -0.3 is 29.8 Å². The predicted molar refractivity (Wildman–Crippen MR) is 101 cm³/mol. The van der Waals surface area contributed by atoms with Gasteiger partial charge in [-0.2, -0.15) is 0 Å². The maximum absolute atomic E-state index is 15.2. The highest BCUT2D eigenvalue weighted by Gasteiger charge is 2.42. The molecule has 1 aromatic heterocycles. The molecule has 1 saturated heterocycles. The van der Waals surface area contributed by atoms with Crippen LogP contribution < -0.4 is 25.5 Å². The molecule has 0 aliphatic carbocycles. The maximum atomic E-state index is 15.2. The van der Waals surface area contributed by atoms with Crippen molar-refractivity contribution in [1.29, 1.82) is 0 Å². The van der Waals surface area contributed by atoms with E-state index in [-0.39, 0.29) is 42.6 Å². The van der Waals surface area contributed by atoms with Crippen LogP contribution in [0.1, 0.15) is 19.9 Å². The number of ether oxygens (including phenoxy) is 2. The molecule has 8 nitrogen and oxygen atoms in total. The third kappa shape index (κ3) is 2.98. The van der Waals surface area contributed by atoms with Crippen molar-refractivity contribution < 1.29 is 28.2 Å². The van der Waals surface area contributed by atoms with E-state index in [9.17, 15) is 14.0 Å². The van der Waals surface area contributed by atoms with Gasteiger partial charge in [0.2, 0.25) is 5.43 Å². The van der Waals surface area contributed by atoms with Crippen LogP contribution in [0.4, 0.5) is 19.3 Å². The second-order valence-electron chi connectivity index (χ2n) is 7.93. The lowest BCUT2D eigenvalue weighted by molar-refractivity contribution is 0.143. The molecule has 2 aliphatic rings. The van der Waals surface area contributed by atoms with Gasteiger partial charge in [-0.1, -0.05) is 0 Å². The van der Waals surface area contributed by atoms with Crippen LogP contribution in [0.2, 0.25) is 0 Å². The number of hydrogen-bond acceptors (Lipinski definition) is 6. The number of benzene rings is 1. The number of anilines is 1. The van der Waals surface area contributed by atoms with Crippen molar-refractivity contribution in [3.8, 4) is 11.5 Å². The fourth-order valence-corrected chi connectivity index (χ4v) is 4.12. The topological polar surface area (TPSA) is 107 Å². The van der Waals surface area contributed by atoms with Crippen LogP contribution in [0.5, 0.6) is 11.5 Å². The van der Waals surface area contributed by atoms with Gasteiger partial charge in [-0.3, -0.25) is 9.18 Å². The summed E-state index contributed by atoms with van der Waals surface area (Å²) in [6, 6.07) is 0.789. The van der Waals surface area contributed by atoms with E-state index >= 15 is 4.39 Å². The maximum Gasteiger partial charge on any atom is 0.511 e. The standard InChI is InChI=1S/C19H21F2N3O5/c1-9-7-28-17-14-11(16(25)13(6-24(9)14)29-18(26)27)3-12(21)15(17)23-5-10(4-20)19(2,22)8-23/h3,6,9-10H,4-5,7-8,22H2,1-2H3,(H,26,27)/t9-,10?,19?/m0/s1. The summed E-state index contributed by atoms with van der Waals surface area (Å²) in [5, 5.41) is 8.83. The summed E-state index contributed by atoms with van der Waals surface area (Å²) in [4.78, 5) is 25.2. The van der Waals surface area contributed by atoms with Gasteiger partial charge in [-0.05, 0) is 19.9 Å². The fraction of sp³-hybridized carbons (Fsp3) is 0.474. The highest BCUT2D eigenvalue weighted by atomic mass is 19.1. The first kappa shape index (κ1) is 19.4. The molecule has 2 aromatic rings. The minimum absolute atomic E-state index is 0.0525. The summed E-state index contributed by atoms with van der Waals surface area (Å²) in [7, 11) is 0. The van der Waals surface area contributed by atoms with E-state index in [1.807, 2.05) is 6.92 Å². The number of nitrogens with zero attached hydrogens (tertiary/aromatic N) is 2. The zero-order valence-corrected chi connectivity index (χ0v) is 15.9. The fourth-order valence-electron chi connectivity index (χ4n) is 4.12. The lowest BCUT2D eigenvalue weighted by Gasteiger charge is -2.31. The lowest BCUT2D eigenvalue weighted by atomic mass is 9.92. The number of hydrogen-bond donors (Lipinski definition) is 2. The van der Waals surface area contributed by atoms with Crippen molar-refractivity contribution >= 4 is 22.7 Å². The van der Waals surface area contributed by atoms with Gasteiger partial charge in [0.25, 0.3) is 0 Å². The molecule has 0 amide bonds. The van der Waals surface area contributed by atoms with Crippen LogP contribution in [0.15, 0.2) is 17.1 Å². The summed E-state index contributed by atoms with van der Waals surface area (Å²) in [5.41, 5.74) is 5.06. The zero-order chi connectivity index (χ0) is 21.1. The second kappa shape index (κ2) is 6.58. The van der Waals surface area contributed by atoms with Crippen molar-refractivity contribution in [2.45, 2.75) is 25.4 Å². The number of rotatable bonds is 3. The Kier molecular flexibility index (Phi) is 4.41. The lowest BCUT2D eigenvalue weighted by Crippen LogP contribution is -2.45. The van der Waals surface area contributed by atoms with Crippen LogP contribution >= 0.6 is 0 Å². The van der Waals surface area contributed by atoms with Gasteiger partial charge in [0.15, 0.2) is 17.3 Å². The molecule has 2 unspecified atom stereocenters. The van der Waals surface area contributed by atoms with Crippen LogP contribution in [-0.2, 0) is 0 Å². The molecule has 1 fully saturated rings. The number of aromatic nitrogens is 1. The van der Waals surface area contributed by atoms with Crippen LogP contribution in [0.3, 0.4) is 0 Å². The Hall–Kier alpha value is -2.88. The third-order valence-electron chi connectivity index (χ3n) is 5.71. The molecule has 3 atom stereocenters. The Balaban J connectivity index is 1.95. The average molecular weight is 409 g/mol. The quantitative estimate of drug-likeness (QED) is 0.749. The number of pyridine rings is 1. The molecule has 0 bridgehead atoms. The molecular weight excluding hydrogens is 388 g/mol. The van der Waals surface area contributed by atoms with E-state index in [1.54, 1.807) is 16.4 Å². The molecule has 0 spiro atoms. The minimum atomic E-state index is -1.64. The molecule has 1 aromatic carbocycles. The molecule has 10 heteroatoms. The van der Waals surface area contributed by atoms with E-state index < -0.39 is 41.3 Å². The van der Waals surface area contributed by atoms with Crippen molar-refractivity contribution in [1.82, 2.24) is 4.57 Å². The second-order valence-corrected chi connectivity index (χ2v) is 7.93. The first-order chi connectivity index (χ1) is 13.6. The van der Waals surface area contributed by atoms with Gasteiger partial charge in [-0.25, -0.2) is 9.18 Å². The molecule has 4 rings (SSSR count). The summed E-state index contributed by atoms with van der Waals surface area (Å²) >= 11 is 0. The molecule has 3 heterocycles. The van der Waals surface area contributed by atoms with E-state index in [4.69, 9.17) is 15.6 Å². The Morgan fingerprint density at radius 2 is 2.24 bits per heavy atom. The first-order valence-corrected chi connectivity index (χ1v) is 9.18. The SMILES string of the molecule is C[C@H]1COc2c(N3CC(CF)C(C)(N)C3)c(F)cc3c(=O)c(OC(=O)O)cn1c23. The monoisotopic (exact) mass is 409 g/mol. The number of nitrogens with two attached hydrogens (primary N) is 1. The minimum Gasteiger partial charge on any atom is -0.487 e. The van der Waals surface area contributed by atoms with Gasteiger partial charge in [0.05, 0.1) is 29.8 Å². The van der Waals surface area contributed by atoms with Crippen molar-refractivity contribution in [2.24, 2.45) is 11.7 Å². The first-order valence-electron chi connectivity index (χ1n) is 9.18. The molecule has 156 valence electrons. The third-order valence-corrected chi connectivity index (χ3v) is 5.71. The average Bonchev–Trinajstić information content (AvgIpc) is 2.94. The zero-order valence-electron chi connectivity index (χ0n) is 15.9. The number of carboxylic acid groups (broad SMARTS) is 1. The Labute approximate surface area is 164 Å². The highest BCUT2D eigenvalue weighted by Crippen LogP contribution is 2.44. The number of halogens is 2. The van der Waals surface area contributed by atoms with Gasteiger partial charge in [0, 0.05) is 24.5 Å². The predicted octanol–water partition coefficient (Wildman–Crippen LogP) is 2.27. The van der Waals surface area contributed by atoms with Crippen molar-refractivity contribution in [2.75, 3.05) is 31.3 Å². The van der Waals surface area contributed by atoms with Gasteiger partial charge in [-0.15, -0.1) is 0 Å². The van der Waals surface area contributed by atoms with Gasteiger partial charge in [0.1, 0.15) is 12.3 Å². The summed E-state index contributed by atoms with van der Waals surface area (Å²) in [5.74, 6) is -1.45. The molecular formula is C19H21F2N3O5. The van der Waals surface area contributed by atoms with E-state index in [0.29, 0.717) is 5.52 Å². The van der Waals surface area contributed by atoms with Crippen LogP contribution in [0, 0.1) is 11.7 Å². The normalized spacial score (nSPS) is 25.9. The number of carbonyl (C=O) groups is 1. The molecule has 0 saturated carbocycles. The van der Waals surface area contributed by atoms with Gasteiger partial charge >= 0.3 is 6.16 Å². The van der Waals surface area contributed by atoms with E-state index in [2.05, 4.69) is 4.74 Å². The summed E-state index contributed by atoms with van der Waals surface area (Å²) < 4.78 is 40.6. The summed E-state index contributed by atoms with van der Waals surface area (Å²) in [6.45, 7) is 3.51. The Morgan fingerprint density at radius 3 is 2.86 bits per heavy atom. The van der Waals surface area contributed by atoms with E-state index in [0.717, 1.165) is 6.07 Å². The smallest absolute Gasteiger partial charge is 0.487 e. The van der Waals surface area contributed by atoms with Crippen molar-refractivity contribution in [3.05, 3.63) is 28.3 Å².